The van der Waals surface area contributed by atoms with Crippen LogP contribution in [0.1, 0.15) is 67.9 Å². The summed E-state index contributed by atoms with van der Waals surface area (Å²) in [6.07, 6.45) is 0.538. The van der Waals surface area contributed by atoms with E-state index in [0.717, 1.165) is 13.0 Å². The summed E-state index contributed by atoms with van der Waals surface area (Å²) in [7, 11) is 1.37. The van der Waals surface area contributed by atoms with Gasteiger partial charge in [-0.1, -0.05) is 62.2 Å². The lowest BCUT2D eigenvalue weighted by Crippen LogP contribution is -2.39. The van der Waals surface area contributed by atoms with Crippen LogP contribution in [0.4, 0.5) is 14.5 Å². The van der Waals surface area contributed by atoms with Crippen molar-refractivity contribution in [3.8, 4) is 11.8 Å². The third-order valence-corrected chi connectivity index (χ3v) is 9.07. The van der Waals surface area contributed by atoms with Gasteiger partial charge in [0.05, 0.1) is 54.7 Å². The normalized spacial score (nSPS) is 19.5. The number of hydrogen-bond acceptors (Lipinski definition) is 8. The van der Waals surface area contributed by atoms with Gasteiger partial charge in [-0.2, -0.15) is 5.26 Å². The van der Waals surface area contributed by atoms with Gasteiger partial charge in [-0.05, 0) is 66.1 Å². The highest BCUT2D eigenvalue weighted by Crippen LogP contribution is 2.61. The Morgan fingerprint density at radius 2 is 1.75 bits per heavy atom. The third-order valence-electron chi connectivity index (χ3n) is 8.54. The molecule has 14 heteroatoms. The van der Waals surface area contributed by atoms with Crippen molar-refractivity contribution in [2.75, 3.05) is 38.9 Å². The number of amides is 1. The molecular formula is C38H42Cl2F2N2O8. The SMILES string of the molecule is CC(=O)O.COc1cc(C(=O)OCCOCCO)ccc1NC(=O)[C@@H]1C[C@@H](CC(C)(C)C)[C@](C#N)(c2ccc(Cl)cc2F)[C@H]1c1cccc(Cl)c1F. The van der Waals surface area contributed by atoms with Crippen LogP contribution in [0.3, 0.4) is 0 Å². The van der Waals surface area contributed by atoms with Crippen LogP contribution in [0.15, 0.2) is 54.6 Å². The summed E-state index contributed by atoms with van der Waals surface area (Å²) < 4.78 is 47.6. The summed E-state index contributed by atoms with van der Waals surface area (Å²) in [5, 5.41) is 30.1. The first-order chi connectivity index (χ1) is 24.5. The molecule has 52 heavy (non-hydrogen) atoms. The number of esters is 1. The number of anilines is 1. The van der Waals surface area contributed by atoms with Gasteiger partial charge in [-0.3, -0.25) is 9.59 Å². The molecule has 0 unspecified atom stereocenters. The molecule has 1 aliphatic carbocycles. The Balaban J connectivity index is 0.00000173. The number of nitrogens with zero attached hydrogens (tertiary/aromatic N) is 1. The van der Waals surface area contributed by atoms with E-state index in [-0.39, 0.29) is 76.4 Å². The Morgan fingerprint density at radius 1 is 1.06 bits per heavy atom. The second-order valence-corrected chi connectivity index (χ2v) is 14.3. The van der Waals surface area contributed by atoms with Crippen molar-refractivity contribution in [2.45, 2.75) is 51.9 Å². The maximum absolute atomic E-state index is 16.0. The first-order valence-electron chi connectivity index (χ1n) is 16.4. The molecule has 10 nitrogen and oxygen atoms in total. The van der Waals surface area contributed by atoms with Gasteiger partial charge in [0.1, 0.15) is 24.0 Å². The number of benzene rings is 3. The van der Waals surface area contributed by atoms with E-state index in [2.05, 4.69) is 11.4 Å². The zero-order valence-corrected chi connectivity index (χ0v) is 31.0. The number of nitriles is 1. The Morgan fingerprint density at radius 3 is 2.35 bits per heavy atom. The number of ether oxygens (including phenoxy) is 3. The van der Waals surface area contributed by atoms with Crippen LogP contribution in [-0.2, 0) is 24.5 Å². The third kappa shape index (κ3) is 10.2. The summed E-state index contributed by atoms with van der Waals surface area (Å²) >= 11 is 12.3. The van der Waals surface area contributed by atoms with Crippen molar-refractivity contribution < 1.29 is 47.6 Å². The van der Waals surface area contributed by atoms with E-state index >= 15 is 8.78 Å². The molecule has 0 bridgehead atoms. The van der Waals surface area contributed by atoms with Gasteiger partial charge < -0.3 is 29.7 Å². The number of aliphatic carboxylic acids is 1. The summed E-state index contributed by atoms with van der Waals surface area (Å²) in [5.41, 5.74) is -1.63. The lowest BCUT2D eigenvalue weighted by molar-refractivity contribution is -0.134. The molecule has 0 saturated heterocycles. The van der Waals surface area contributed by atoms with Gasteiger partial charge in [0.15, 0.2) is 0 Å². The van der Waals surface area contributed by atoms with Crippen molar-refractivity contribution in [1.82, 2.24) is 0 Å². The molecule has 1 aliphatic rings. The standard InChI is InChI=1S/C36H38Cl2F2N2O6.C2H4O2/c1-35(2,3)19-22-17-25(33(44)42-29-11-8-21(16-30(29)46-4)34(45)48-15-14-47-13-12-43)31(24-6-5-7-27(38)32(24)40)36(22,20-41)26-10-9-23(37)18-28(26)39;1-2(3)4/h5-11,16,18,22,25,31,43H,12-15,17,19H2,1-4H3,(H,42,44);1H3,(H,3,4)/t22-,25+,31-,36+;/m0./s1. The molecule has 4 atom stereocenters. The highest BCUT2D eigenvalue weighted by Gasteiger charge is 2.61. The molecule has 4 rings (SSSR count). The number of carbonyl (C=O) groups excluding carboxylic acids is 2. The van der Waals surface area contributed by atoms with Gasteiger partial charge >= 0.3 is 5.97 Å². The minimum absolute atomic E-state index is 0.0167. The lowest BCUT2D eigenvalue weighted by atomic mass is 9.62. The predicted octanol–water partition coefficient (Wildman–Crippen LogP) is 7.79. The number of carboxylic acids is 1. The highest BCUT2D eigenvalue weighted by molar-refractivity contribution is 6.31. The van der Waals surface area contributed by atoms with Gasteiger partial charge in [0, 0.05) is 29.3 Å². The number of aliphatic hydroxyl groups is 1. The average Bonchev–Trinajstić information content (AvgIpc) is 3.38. The van der Waals surface area contributed by atoms with E-state index in [1.807, 2.05) is 20.8 Å². The Labute approximate surface area is 311 Å². The average molecular weight is 764 g/mol. The molecule has 3 aromatic carbocycles. The number of carbonyl (C=O) groups is 3. The zero-order chi connectivity index (χ0) is 38.8. The Kier molecular flexibility index (Phi) is 15.0. The molecule has 280 valence electrons. The van der Waals surface area contributed by atoms with Gasteiger partial charge in [-0.25, -0.2) is 13.6 Å². The highest BCUT2D eigenvalue weighted by atomic mass is 35.5. The van der Waals surface area contributed by atoms with E-state index in [9.17, 15) is 14.9 Å². The minimum Gasteiger partial charge on any atom is -0.495 e. The summed E-state index contributed by atoms with van der Waals surface area (Å²) in [5.74, 6) is -6.18. The second-order valence-electron chi connectivity index (χ2n) is 13.4. The number of nitrogens with one attached hydrogen (secondary N) is 1. The smallest absolute Gasteiger partial charge is 0.338 e. The molecule has 3 N–H and O–H groups in total. The second kappa shape index (κ2) is 18.5. The number of aliphatic hydroxyl groups excluding tert-OH is 1. The number of hydrogen-bond donors (Lipinski definition) is 3. The number of halogens is 4. The topological polar surface area (TPSA) is 155 Å². The lowest BCUT2D eigenvalue weighted by Gasteiger charge is -2.38. The van der Waals surface area contributed by atoms with Crippen molar-refractivity contribution in [3.05, 3.63) is 93.0 Å². The first kappa shape index (κ1) is 42.1. The fourth-order valence-electron chi connectivity index (χ4n) is 6.69. The zero-order valence-electron chi connectivity index (χ0n) is 29.5. The minimum atomic E-state index is -1.69. The summed E-state index contributed by atoms with van der Waals surface area (Å²) in [4.78, 5) is 35.9. The van der Waals surface area contributed by atoms with Crippen LogP contribution in [0, 0.1) is 40.2 Å². The number of methoxy groups -OCH3 is 1. The number of rotatable bonds is 12. The van der Waals surface area contributed by atoms with Crippen molar-refractivity contribution >= 4 is 46.7 Å². The van der Waals surface area contributed by atoms with Crippen molar-refractivity contribution in [2.24, 2.45) is 17.3 Å². The van der Waals surface area contributed by atoms with Gasteiger partial charge in [-0.15, -0.1) is 0 Å². The maximum Gasteiger partial charge on any atom is 0.338 e. The fourth-order valence-corrected chi connectivity index (χ4v) is 7.03. The summed E-state index contributed by atoms with van der Waals surface area (Å²) in [6.45, 7) is 7.06. The molecule has 1 fully saturated rings. The number of carboxylic acid groups (broad SMARTS) is 1. The van der Waals surface area contributed by atoms with E-state index in [1.54, 1.807) is 0 Å². The summed E-state index contributed by atoms with van der Waals surface area (Å²) in [6, 6.07) is 15.1. The molecule has 1 amide bonds. The van der Waals surface area contributed by atoms with Crippen molar-refractivity contribution in [1.29, 1.82) is 5.26 Å². The molecule has 3 aromatic rings. The van der Waals surface area contributed by atoms with E-state index < -0.39 is 52.6 Å². The van der Waals surface area contributed by atoms with Crippen LogP contribution in [0.5, 0.6) is 5.75 Å². The molecule has 0 heterocycles. The van der Waals surface area contributed by atoms with Gasteiger partial charge in [0.25, 0.3) is 5.97 Å². The molecule has 0 aliphatic heterocycles. The van der Waals surface area contributed by atoms with Crippen molar-refractivity contribution in [3.63, 3.8) is 0 Å². The van der Waals surface area contributed by atoms with E-state index in [0.29, 0.717) is 6.42 Å². The monoisotopic (exact) mass is 762 g/mol. The Hall–Kier alpha value is -4.28. The maximum atomic E-state index is 16.0. The molecule has 0 radical (unpaired) electrons. The van der Waals surface area contributed by atoms with Crippen LogP contribution in [0.25, 0.3) is 0 Å². The van der Waals surface area contributed by atoms with Crippen LogP contribution in [-0.4, -0.2) is 61.6 Å². The van der Waals surface area contributed by atoms with Crippen LogP contribution >= 0.6 is 23.2 Å². The van der Waals surface area contributed by atoms with Crippen LogP contribution < -0.4 is 10.1 Å². The molecule has 0 spiro atoms. The van der Waals surface area contributed by atoms with E-state index in [1.165, 1.54) is 55.6 Å². The van der Waals surface area contributed by atoms with Crippen LogP contribution in [0.2, 0.25) is 10.0 Å². The molecule has 0 aromatic heterocycles. The molecule has 1 saturated carbocycles. The fraction of sp³-hybridized carbons (Fsp3) is 0.421. The first-order valence-corrected chi connectivity index (χ1v) is 17.1. The van der Waals surface area contributed by atoms with E-state index in [4.69, 9.17) is 52.4 Å². The Bertz CT molecular complexity index is 1790. The predicted molar refractivity (Wildman–Crippen MR) is 192 cm³/mol. The quantitative estimate of drug-likeness (QED) is 0.124. The largest absolute Gasteiger partial charge is 0.495 e. The molecular weight excluding hydrogens is 721 g/mol. The van der Waals surface area contributed by atoms with Gasteiger partial charge in [0.2, 0.25) is 5.91 Å².